The van der Waals surface area contributed by atoms with Crippen LogP contribution in [0, 0.1) is 11.3 Å². The molecule has 2 aliphatic rings. The van der Waals surface area contributed by atoms with Crippen LogP contribution in [0.1, 0.15) is 52.1 Å². The number of benzene rings is 2. The van der Waals surface area contributed by atoms with Crippen molar-refractivity contribution in [3.05, 3.63) is 65.4 Å². The van der Waals surface area contributed by atoms with Crippen molar-refractivity contribution in [2.24, 2.45) is 11.3 Å². The van der Waals surface area contributed by atoms with Crippen molar-refractivity contribution in [2.45, 2.75) is 46.6 Å². The highest BCUT2D eigenvalue weighted by atomic mass is 16.2. The first-order chi connectivity index (χ1) is 15.1. The molecule has 2 aromatic rings. The van der Waals surface area contributed by atoms with Gasteiger partial charge in [-0.2, -0.15) is 0 Å². The van der Waals surface area contributed by atoms with Crippen LogP contribution in [0.15, 0.2) is 59.8 Å². The van der Waals surface area contributed by atoms with Gasteiger partial charge in [0.1, 0.15) is 0 Å². The third kappa shape index (κ3) is 3.92. The molecule has 0 saturated carbocycles. The van der Waals surface area contributed by atoms with Crippen LogP contribution in [0.5, 0.6) is 0 Å². The number of anilines is 3. The Morgan fingerprint density at radius 2 is 1.72 bits per heavy atom. The van der Waals surface area contributed by atoms with Crippen LogP contribution < -0.4 is 15.1 Å². The Kier molecular flexibility index (Phi) is 5.61. The summed E-state index contributed by atoms with van der Waals surface area (Å²) in [5.41, 5.74) is 5.22. The second kappa shape index (κ2) is 8.12. The summed E-state index contributed by atoms with van der Waals surface area (Å²) in [6, 6.07) is 15.6. The lowest BCUT2D eigenvalue weighted by Crippen LogP contribution is -2.41. The number of hydrogen-bond acceptors (Lipinski definition) is 4. The lowest BCUT2D eigenvalue weighted by molar-refractivity contribution is -0.122. The molecule has 0 radical (unpaired) electrons. The van der Waals surface area contributed by atoms with Gasteiger partial charge in [-0.15, -0.1) is 0 Å². The highest BCUT2D eigenvalue weighted by molar-refractivity contribution is 6.06. The van der Waals surface area contributed by atoms with E-state index in [1.807, 2.05) is 74.1 Å². The van der Waals surface area contributed by atoms with E-state index in [1.54, 1.807) is 0 Å². The normalized spacial score (nSPS) is 19.8. The minimum atomic E-state index is -0.462. The Bertz CT molecular complexity index is 1080. The van der Waals surface area contributed by atoms with Gasteiger partial charge in [0.25, 0.3) is 0 Å². The molecule has 1 atom stereocenters. The van der Waals surface area contributed by atoms with E-state index in [9.17, 15) is 9.59 Å². The zero-order valence-electron chi connectivity index (χ0n) is 19.9. The summed E-state index contributed by atoms with van der Waals surface area (Å²) in [6.07, 6.45) is 1.23. The van der Waals surface area contributed by atoms with E-state index in [0.29, 0.717) is 12.0 Å². The molecule has 2 aromatic carbocycles. The molecular formula is C27H33N3O2. The molecule has 0 fully saturated rings. The quantitative estimate of drug-likeness (QED) is 0.692. The van der Waals surface area contributed by atoms with Gasteiger partial charge in [0.15, 0.2) is 5.78 Å². The molecule has 1 aliphatic carbocycles. The van der Waals surface area contributed by atoms with Crippen molar-refractivity contribution < 1.29 is 9.59 Å². The summed E-state index contributed by atoms with van der Waals surface area (Å²) >= 11 is 0. The number of hydrogen-bond donors (Lipinski definition) is 1. The van der Waals surface area contributed by atoms with Crippen LogP contribution in [0.2, 0.25) is 0 Å². The number of Topliss-reactive ketones (excluding diaryl/α,β-unsaturated/α-hetero) is 1. The van der Waals surface area contributed by atoms with Gasteiger partial charge in [-0.05, 0) is 41.7 Å². The number of fused-ring (bicyclic) bond motifs is 1. The molecule has 1 heterocycles. The predicted molar refractivity (Wildman–Crippen MR) is 131 cm³/mol. The first-order valence-corrected chi connectivity index (χ1v) is 11.3. The van der Waals surface area contributed by atoms with Crippen molar-refractivity contribution in [3.8, 4) is 0 Å². The van der Waals surface area contributed by atoms with E-state index in [2.05, 4.69) is 31.3 Å². The number of rotatable bonds is 3. The molecular weight excluding hydrogens is 398 g/mol. The van der Waals surface area contributed by atoms with Crippen LogP contribution in [-0.2, 0) is 9.59 Å². The monoisotopic (exact) mass is 431 g/mol. The van der Waals surface area contributed by atoms with E-state index >= 15 is 0 Å². The summed E-state index contributed by atoms with van der Waals surface area (Å²) in [7, 11) is 4.01. The topological polar surface area (TPSA) is 52.7 Å². The summed E-state index contributed by atoms with van der Waals surface area (Å²) in [4.78, 5) is 31.1. The van der Waals surface area contributed by atoms with E-state index in [4.69, 9.17) is 0 Å². The second-order valence-corrected chi connectivity index (χ2v) is 10.2. The smallest absolute Gasteiger partial charge is 0.230 e. The molecule has 32 heavy (non-hydrogen) atoms. The maximum absolute atomic E-state index is 13.6. The van der Waals surface area contributed by atoms with Crippen molar-refractivity contribution in [3.63, 3.8) is 0 Å². The molecule has 0 saturated heterocycles. The molecule has 4 rings (SSSR count). The highest BCUT2D eigenvalue weighted by Gasteiger charge is 2.43. The fraction of sp³-hybridized carbons (Fsp3) is 0.407. The predicted octanol–water partition coefficient (Wildman–Crippen LogP) is 5.55. The Morgan fingerprint density at radius 3 is 2.34 bits per heavy atom. The number of para-hydroxylation sites is 2. The van der Waals surface area contributed by atoms with Crippen LogP contribution in [0.3, 0.4) is 0 Å². The number of amides is 1. The maximum atomic E-state index is 13.6. The minimum Gasteiger partial charge on any atom is -0.378 e. The van der Waals surface area contributed by atoms with Crippen LogP contribution in [0.25, 0.3) is 0 Å². The lowest BCUT2D eigenvalue weighted by Gasteiger charge is -2.37. The number of ketones is 1. The molecule has 0 spiro atoms. The Labute approximate surface area is 191 Å². The number of nitrogens with zero attached hydrogens (tertiary/aromatic N) is 2. The standard InChI is InChI=1S/C27H33N3O2/c1-17(2)26(32)30-22-10-8-7-9-20(22)28-21-15-27(3,4)16-23(31)24(21)25(30)18-11-13-19(14-12-18)29(5)6/h7-14,17,25,28H,15-16H2,1-6H3/t25-/m1/s1. The van der Waals surface area contributed by atoms with Crippen LogP contribution in [-0.4, -0.2) is 25.8 Å². The van der Waals surface area contributed by atoms with Gasteiger partial charge in [-0.1, -0.05) is 52.0 Å². The van der Waals surface area contributed by atoms with Crippen molar-refractivity contribution in [2.75, 3.05) is 29.2 Å². The van der Waals surface area contributed by atoms with Crippen molar-refractivity contribution in [1.29, 1.82) is 0 Å². The van der Waals surface area contributed by atoms with Gasteiger partial charge >= 0.3 is 0 Å². The van der Waals surface area contributed by atoms with E-state index < -0.39 is 6.04 Å². The summed E-state index contributed by atoms with van der Waals surface area (Å²) in [5, 5.41) is 3.56. The average molecular weight is 432 g/mol. The molecule has 1 aliphatic heterocycles. The fourth-order valence-corrected chi connectivity index (χ4v) is 4.78. The Hall–Kier alpha value is -3.08. The van der Waals surface area contributed by atoms with Gasteiger partial charge < -0.3 is 10.2 Å². The molecule has 168 valence electrons. The molecule has 1 N–H and O–H groups in total. The summed E-state index contributed by atoms with van der Waals surface area (Å²) in [5.74, 6) is -0.0870. The number of allylic oxidation sites excluding steroid dienone is 1. The van der Waals surface area contributed by atoms with Crippen LogP contribution >= 0.6 is 0 Å². The first-order valence-electron chi connectivity index (χ1n) is 11.3. The molecule has 0 bridgehead atoms. The molecule has 5 nitrogen and oxygen atoms in total. The van der Waals surface area contributed by atoms with E-state index in [1.165, 1.54) is 0 Å². The summed E-state index contributed by atoms with van der Waals surface area (Å²) in [6.45, 7) is 8.09. The Morgan fingerprint density at radius 1 is 1.06 bits per heavy atom. The molecule has 0 unspecified atom stereocenters. The average Bonchev–Trinajstić information content (AvgIpc) is 2.86. The number of carbonyl (C=O) groups is 2. The third-order valence-electron chi connectivity index (χ3n) is 6.36. The Balaban J connectivity index is 1.99. The number of carbonyl (C=O) groups excluding carboxylic acids is 2. The first kappa shape index (κ1) is 22.1. The zero-order chi connectivity index (χ0) is 23.2. The number of nitrogens with one attached hydrogen (secondary N) is 1. The van der Waals surface area contributed by atoms with E-state index in [0.717, 1.165) is 34.7 Å². The molecule has 5 heteroatoms. The second-order valence-electron chi connectivity index (χ2n) is 10.2. The maximum Gasteiger partial charge on any atom is 0.230 e. The van der Waals surface area contributed by atoms with Gasteiger partial charge in [-0.25, -0.2) is 0 Å². The van der Waals surface area contributed by atoms with Gasteiger partial charge in [0, 0.05) is 43.4 Å². The molecule has 1 amide bonds. The SMILES string of the molecule is CC(C)C(=O)N1c2ccccc2NC2=C(C(=O)CC(C)(C)C2)[C@H]1c1ccc(N(C)C)cc1. The van der Waals surface area contributed by atoms with Crippen molar-refractivity contribution >= 4 is 28.8 Å². The third-order valence-corrected chi connectivity index (χ3v) is 6.36. The fourth-order valence-electron chi connectivity index (χ4n) is 4.78. The molecule has 0 aromatic heterocycles. The zero-order valence-corrected chi connectivity index (χ0v) is 19.9. The van der Waals surface area contributed by atoms with Gasteiger partial charge in [0.05, 0.1) is 17.4 Å². The lowest BCUT2D eigenvalue weighted by atomic mass is 9.73. The van der Waals surface area contributed by atoms with Crippen LogP contribution in [0.4, 0.5) is 17.1 Å². The van der Waals surface area contributed by atoms with Gasteiger partial charge in [-0.3, -0.25) is 14.5 Å². The van der Waals surface area contributed by atoms with E-state index in [-0.39, 0.29) is 23.0 Å². The summed E-state index contributed by atoms with van der Waals surface area (Å²) < 4.78 is 0. The van der Waals surface area contributed by atoms with Crippen molar-refractivity contribution in [1.82, 2.24) is 0 Å². The van der Waals surface area contributed by atoms with Gasteiger partial charge in [0.2, 0.25) is 5.91 Å². The largest absolute Gasteiger partial charge is 0.378 e. The minimum absolute atomic E-state index is 0.00678. The highest BCUT2D eigenvalue weighted by Crippen LogP contribution is 2.48.